The summed E-state index contributed by atoms with van der Waals surface area (Å²) in [6.07, 6.45) is -1.07. The monoisotopic (exact) mass is 377 g/mol. The van der Waals surface area contributed by atoms with Gasteiger partial charge in [-0.3, -0.25) is 4.79 Å². The summed E-state index contributed by atoms with van der Waals surface area (Å²) in [5.74, 6) is -1.47. The zero-order valence-corrected chi connectivity index (χ0v) is 15.4. The van der Waals surface area contributed by atoms with Gasteiger partial charge in [0.05, 0.1) is 5.56 Å². The van der Waals surface area contributed by atoms with Gasteiger partial charge in [0.1, 0.15) is 10.6 Å². The van der Waals surface area contributed by atoms with Crippen LogP contribution in [-0.4, -0.2) is 26.4 Å². The molecule has 26 heavy (non-hydrogen) atoms. The third-order valence-electron chi connectivity index (χ3n) is 3.59. The maximum Gasteiger partial charge on any atom is 0.339 e. The summed E-state index contributed by atoms with van der Waals surface area (Å²) in [6.45, 7) is 4.81. The average Bonchev–Trinajstić information content (AvgIpc) is 2.57. The Morgan fingerprint density at radius 2 is 1.65 bits per heavy atom. The zero-order valence-electron chi connectivity index (χ0n) is 14.6. The van der Waals surface area contributed by atoms with Crippen LogP contribution >= 0.6 is 0 Å². The number of hydrogen-bond donors (Lipinski definition) is 1. The highest BCUT2D eigenvalue weighted by Crippen LogP contribution is 2.23. The predicted octanol–water partition coefficient (Wildman–Crippen LogP) is 2.10. The lowest BCUT2D eigenvalue weighted by Gasteiger charge is -2.11. The van der Waals surface area contributed by atoms with Crippen molar-refractivity contribution in [1.29, 1.82) is 0 Å². The lowest BCUT2D eigenvalue weighted by Crippen LogP contribution is -2.30. The van der Waals surface area contributed by atoms with Gasteiger partial charge in [0, 0.05) is 0 Å². The molecule has 8 heteroatoms. The summed E-state index contributed by atoms with van der Waals surface area (Å²) >= 11 is 0. The first-order valence-corrected chi connectivity index (χ1v) is 9.13. The van der Waals surface area contributed by atoms with Crippen LogP contribution in [0.25, 0.3) is 0 Å². The molecule has 1 atom stereocenters. The smallest absolute Gasteiger partial charge is 0.339 e. The average molecular weight is 377 g/mol. The van der Waals surface area contributed by atoms with Crippen molar-refractivity contribution in [1.82, 2.24) is 0 Å². The van der Waals surface area contributed by atoms with E-state index in [1.807, 2.05) is 6.07 Å². The Morgan fingerprint density at radius 1 is 1.04 bits per heavy atom. The van der Waals surface area contributed by atoms with Gasteiger partial charge in [0.2, 0.25) is 0 Å². The Bertz CT molecular complexity index is 935. The van der Waals surface area contributed by atoms with Crippen LogP contribution in [0.4, 0.5) is 0 Å². The van der Waals surface area contributed by atoms with Gasteiger partial charge in [-0.15, -0.1) is 0 Å². The molecule has 0 aromatic heterocycles. The summed E-state index contributed by atoms with van der Waals surface area (Å²) in [5.41, 5.74) is 6.52. The number of ether oxygens (including phenoxy) is 1. The van der Waals surface area contributed by atoms with Crippen molar-refractivity contribution >= 4 is 22.0 Å². The molecule has 0 saturated carbocycles. The molecule has 138 valence electrons. The number of aryl methyl sites for hydroxylation is 2. The quantitative estimate of drug-likeness (QED) is 0.609. The first-order chi connectivity index (χ1) is 12.1. The standard InChI is InChI=1S/C18H19NO6S/c1-11-4-5-12(2)16(10-11)26(22,23)25-15-8-6-14(7-9-15)18(21)24-13(3)17(19)20/h4-10,13H,1-3H3,(H2,19,20)/t13-/m1/s1. The second kappa shape index (κ2) is 7.57. The van der Waals surface area contributed by atoms with Gasteiger partial charge in [0.15, 0.2) is 6.10 Å². The number of primary amides is 1. The number of rotatable bonds is 6. The molecular formula is C18H19NO6S. The van der Waals surface area contributed by atoms with Crippen molar-refractivity contribution in [2.45, 2.75) is 31.8 Å². The van der Waals surface area contributed by atoms with Gasteiger partial charge in [-0.25, -0.2) is 4.79 Å². The van der Waals surface area contributed by atoms with Crippen molar-refractivity contribution in [2.75, 3.05) is 0 Å². The maximum atomic E-state index is 12.4. The van der Waals surface area contributed by atoms with Crippen LogP contribution in [0.1, 0.15) is 28.4 Å². The van der Waals surface area contributed by atoms with Crippen LogP contribution in [0, 0.1) is 13.8 Å². The highest BCUT2D eigenvalue weighted by molar-refractivity contribution is 7.87. The largest absolute Gasteiger partial charge is 0.449 e. The van der Waals surface area contributed by atoms with Crippen LogP contribution in [0.2, 0.25) is 0 Å². The number of amides is 1. The van der Waals surface area contributed by atoms with Gasteiger partial charge in [-0.1, -0.05) is 12.1 Å². The van der Waals surface area contributed by atoms with Gasteiger partial charge in [-0.2, -0.15) is 8.42 Å². The third-order valence-corrected chi connectivity index (χ3v) is 4.98. The molecule has 0 heterocycles. The number of benzene rings is 2. The van der Waals surface area contributed by atoms with Crippen LogP contribution in [0.15, 0.2) is 47.4 Å². The summed E-state index contributed by atoms with van der Waals surface area (Å²) in [5, 5.41) is 0. The minimum atomic E-state index is -4.01. The van der Waals surface area contributed by atoms with Crippen LogP contribution in [0.3, 0.4) is 0 Å². The highest BCUT2D eigenvalue weighted by atomic mass is 32.2. The van der Waals surface area contributed by atoms with Gasteiger partial charge in [-0.05, 0) is 62.2 Å². The van der Waals surface area contributed by atoms with Crippen LogP contribution in [-0.2, 0) is 19.6 Å². The Hall–Kier alpha value is -2.87. The molecule has 0 aliphatic carbocycles. The molecule has 0 radical (unpaired) electrons. The molecule has 0 bridgehead atoms. The lowest BCUT2D eigenvalue weighted by molar-refractivity contribution is -0.125. The van der Waals surface area contributed by atoms with E-state index in [4.69, 9.17) is 14.7 Å². The Kier molecular flexibility index (Phi) is 5.66. The normalized spacial score (nSPS) is 12.3. The minimum Gasteiger partial charge on any atom is -0.449 e. The molecule has 0 fully saturated rings. The van der Waals surface area contributed by atoms with E-state index in [2.05, 4.69) is 0 Å². The molecule has 0 aliphatic heterocycles. The fourth-order valence-electron chi connectivity index (χ4n) is 2.08. The Morgan fingerprint density at radius 3 is 2.23 bits per heavy atom. The first-order valence-electron chi connectivity index (χ1n) is 7.72. The van der Waals surface area contributed by atoms with Crippen molar-refractivity contribution in [3.05, 3.63) is 59.2 Å². The van der Waals surface area contributed by atoms with E-state index in [-0.39, 0.29) is 16.2 Å². The molecule has 2 aromatic carbocycles. The van der Waals surface area contributed by atoms with Crippen LogP contribution in [0.5, 0.6) is 5.75 Å². The molecule has 0 aliphatic rings. The zero-order chi connectivity index (χ0) is 19.5. The lowest BCUT2D eigenvalue weighted by atomic mass is 10.2. The van der Waals surface area contributed by atoms with Gasteiger partial charge >= 0.3 is 16.1 Å². The van der Waals surface area contributed by atoms with E-state index in [0.717, 1.165) is 5.56 Å². The number of hydrogen-bond acceptors (Lipinski definition) is 6. The van der Waals surface area contributed by atoms with Crippen molar-refractivity contribution in [2.24, 2.45) is 5.73 Å². The van der Waals surface area contributed by atoms with Crippen molar-refractivity contribution in [3.8, 4) is 5.75 Å². The maximum absolute atomic E-state index is 12.4. The first kappa shape index (κ1) is 19.5. The molecule has 2 rings (SSSR count). The highest BCUT2D eigenvalue weighted by Gasteiger charge is 2.20. The Balaban J connectivity index is 2.17. The number of nitrogens with two attached hydrogens (primary N) is 1. The van der Waals surface area contributed by atoms with E-state index in [0.29, 0.717) is 5.56 Å². The van der Waals surface area contributed by atoms with E-state index in [9.17, 15) is 18.0 Å². The van der Waals surface area contributed by atoms with Crippen molar-refractivity contribution in [3.63, 3.8) is 0 Å². The summed E-state index contributed by atoms with van der Waals surface area (Å²) in [7, 11) is -4.01. The number of esters is 1. The van der Waals surface area contributed by atoms with Gasteiger partial charge < -0.3 is 14.7 Å². The van der Waals surface area contributed by atoms with E-state index in [1.54, 1.807) is 19.9 Å². The number of carbonyl (C=O) groups excluding carboxylic acids is 2. The van der Waals surface area contributed by atoms with Crippen LogP contribution < -0.4 is 9.92 Å². The molecule has 2 N–H and O–H groups in total. The van der Waals surface area contributed by atoms with E-state index in [1.165, 1.54) is 37.3 Å². The molecule has 0 spiro atoms. The molecular weight excluding hydrogens is 358 g/mol. The summed E-state index contributed by atoms with van der Waals surface area (Å²) in [6, 6.07) is 10.4. The SMILES string of the molecule is Cc1ccc(C)c(S(=O)(=O)Oc2ccc(C(=O)O[C@H](C)C(N)=O)cc2)c1. The summed E-state index contributed by atoms with van der Waals surface area (Å²) in [4.78, 5) is 22.9. The second-order valence-corrected chi connectivity index (χ2v) is 7.30. The fourth-order valence-corrected chi connectivity index (χ4v) is 3.33. The van der Waals surface area contributed by atoms with Gasteiger partial charge in [0.25, 0.3) is 5.91 Å². The fraction of sp³-hybridized carbons (Fsp3) is 0.222. The summed E-state index contributed by atoms with van der Waals surface area (Å²) < 4.78 is 34.9. The molecule has 7 nitrogen and oxygen atoms in total. The molecule has 1 amide bonds. The van der Waals surface area contributed by atoms with Crippen molar-refractivity contribution < 1.29 is 26.9 Å². The predicted molar refractivity (Wildman–Crippen MR) is 94.2 cm³/mol. The molecule has 2 aromatic rings. The van der Waals surface area contributed by atoms with E-state index < -0.39 is 28.1 Å². The molecule has 0 unspecified atom stereocenters. The minimum absolute atomic E-state index is 0.0467. The van der Waals surface area contributed by atoms with E-state index >= 15 is 0 Å². The third kappa shape index (κ3) is 4.60. The topological polar surface area (TPSA) is 113 Å². The Labute approximate surface area is 151 Å². The molecule has 0 saturated heterocycles. The second-order valence-electron chi connectivity index (χ2n) is 5.78. The number of carbonyl (C=O) groups is 2.